The third-order valence-electron chi connectivity index (χ3n) is 8.67. The Morgan fingerprint density at radius 1 is 0.395 bits per heavy atom. The van der Waals surface area contributed by atoms with E-state index in [2.05, 4.69) is 23.8 Å². The van der Waals surface area contributed by atoms with Crippen LogP contribution < -0.4 is 0 Å². The molecule has 2 nitrogen and oxygen atoms in total. The average Bonchev–Trinajstić information content (AvgIpc) is 3.44. The summed E-state index contributed by atoms with van der Waals surface area (Å²) in [6.07, 6.45) is 47.6. The van der Waals surface area contributed by atoms with E-state index >= 15 is 0 Å². The second kappa shape index (κ2) is 29.2. The summed E-state index contributed by atoms with van der Waals surface area (Å²) in [6, 6.07) is 0. The molecule has 1 aliphatic heterocycles. The number of hydrogen-bond donors (Lipinski definition) is 0. The van der Waals surface area contributed by atoms with Gasteiger partial charge in [-0.3, -0.25) is 0 Å². The monoisotopic (exact) mass is 530 g/mol. The van der Waals surface area contributed by atoms with Crippen LogP contribution in [0.15, 0.2) is 9.98 Å². The Kier molecular flexibility index (Phi) is 27.1. The SMILES string of the molecule is CCCCCCCCCCCCCCCCCC(CCCCCCCCCCCCCC)C[C+]1N=CC=N1. The summed E-state index contributed by atoms with van der Waals surface area (Å²) in [4.78, 5) is 8.95. The summed E-state index contributed by atoms with van der Waals surface area (Å²) < 4.78 is 0. The number of hydrogen-bond acceptors (Lipinski definition) is 2. The molecule has 1 rings (SSSR count). The second-order valence-corrected chi connectivity index (χ2v) is 12.5. The lowest BCUT2D eigenvalue weighted by Gasteiger charge is -2.15. The van der Waals surface area contributed by atoms with E-state index in [-0.39, 0.29) is 0 Å². The summed E-state index contributed by atoms with van der Waals surface area (Å²) in [6.45, 7) is 4.61. The first-order valence-electron chi connectivity index (χ1n) is 17.8. The highest BCUT2D eigenvalue weighted by Crippen LogP contribution is 2.28. The van der Waals surface area contributed by atoms with Crippen molar-refractivity contribution in [2.75, 3.05) is 0 Å². The molecular formula is C36H69N2+. The first-order valence-corrected chi connectivity index (χ1v) is 17.8. The van der Waals surface area contributed by atoms with Crippen LogP contribution in [0.3, 0.4) is 0 Å². The summed E-state index contributed by atoms with van der Waals surface area (Å²) in [5.74, 6) is 0.794. The molecule has 1 heterocycles. The summed E-state index contributed by atoms with van der Waals surface area (Å²) >= 11 is 0. The van der Waals surface area contributed by atoms with Crippen molar-refractivity contribution in [1.29, 1.82) is 0 Å². The van der Waals surface area contributed by atoms with E-state index in [4.69, 9.17) is 0 Å². The van der Waals surface area contributed by atoms with Crippen LogP contribution in [0.25, 0.3) is 0 Å². The average molecular weight is 530 g/mol. The van der Waals surface area contributed by atoms with E-state index in [0.29, 0.717) is 0 Å². The molecule has 0 amide bonds. The molecule has 0 fully saturated rings. The van der Waals surface area contributed by atoms with Gasteiger partial charge in [-0.1, -0.05) is 197 Å². The summed E-state index contributed by atoms with van der Waals surface area (Å²) in [5.41, 5.74) is 0. The van der Waals surface area contributed by atoms with Crippen LogP contribution in [-0.2, 0) is 0 Å². The van der Waals surface area contributed by atoms with Gasteiger partial charge in [0.25, 0.3) is 0 Å². The first kappa shape index (κ1) is 35.2. The lowest BCUT2D eigenvalue weighted by molar-refractivity contribution is 0.384. The highest BCUT2D eigenvalue weighted by Gasteiger charge is 2.22. The molecule has 0 aromatic heterocycles. The van der Waals surface area contributed by atoms with Gasteiger partial charge in [0.15, 0.2) is 12.4 Å². The van der Waals surface area contributed by atoms with E-state index in [1.807, 2.05) is 12.4 Å². The number of rotatable bonds is 31. The molecule has 38 heavy (non-hydrogen) atoms. The molecule has 0 spiro atoms. The van der Waals surface area contributed by atoms with Crippen molar-refractivity contribution in [2.24, 2.45) is 15.9 Å². The van der Waals surface area contributed by atoms with Crippen LogP contribution in [0.4, 0.5) is 0 Å². The molecule has 2 heteroatoms. The zero-order chi connectivity index (χ0) is 27.2. The fourth-order valence-electron chi connectivity index (χ4n) is 6.06. The number of unbranched alkanes of at least 4 members (excludes halogenated alkanes) is 25. The fourth-order valence-corrected chi connectivity index (χ4v) is 6.06. The van der Waals surface area contributed by atoms with Crippen LogP contribution in [0.1, 0.15) is 206 Å². The van der Waals surface area contributed by atoms with E-state index in [1.54, 1.807) is 0 Å². The number of aliphatic imine (C=N–C) groups is 2. The molecule has 222 valence electrons. The molecule has 0 radical (unpaired) electrons. The molecule has 0 aliphatic carbocycles. The summed E-state index contributed by atoms with van der Waals surface area (Å²) in [7, 11) is 0. The van der Waals surface area contributed by atoms with Gasteiger partial charge in [0, 0.05) is 0 Å². The Hall–Kier alpha value is -0.790. The molecule has 1 atom stereocenters. The van der Waals surface area contributed by atoms with Gasteiger partial charge in [0.2, 0.25) is 6.17 Å². The largest absolute Gasteiger partial charge is 0.240 e. The number of nitrogens with zero attached hydrogens (tertiary/aromatic N) is 2. The van der Waals surface area contributed by atoms with Crippen LogP contribution in [0, 0.1) is 12.1 Å². The van der Waals surface area contributed by atoms with Gasteiger partial charge in [0.05, 0.1) is 6.42 Å². The second-order valence-electron chi connectivity index (χ2n) is 12.5. The Morgan fingerprint density at radius 3 is 0.947 bits per heavy atom. The maximum atomic E-state index is 4.48. The predicted molar refractivity (Wildman–Crippen MR) is 174 cm³/mol. The van der Waals surface area contributed by atoms with Gasteiger partial charge in [-0.15, -0.1) is 0 Å². The molecule has 1 aliphatic rings. The van der Waals surface area contributed by atoms with Crippen LogP contribution >= 0.6 is 0 Å². The third kappa shape index (κ3) is 24.3. The predicted octanol–water partition coefficient (Wildman–Crippen LogP) is 13.0. The van der Waals surface area contributed by atoms with Crippen molar-refractivity contribution in [2.45, 2.75) is 206 Å². The third-order valence-corrected chi connectivity index (χ3v) is 8.67. The molecule has 0 aromatic rings. The van der Waals surface area contributed by atoms with Crippen molar-refractivity contribution in [3.63, 3.8) is 0 Å². The minimum atomic E-state index is 0.794. The topological polar surface area (TPSA) is 24.7 Å². The van der Waals surface area contributed by atoms with Gasteiger partial charge in [-0.05, 0) is 18.8 Å². The van der Waals surface area contributed by atoms with E-state index < -0.39 is 0 Å². The zero-order valence-corrected chi connectivity index (χ0v) is 26.3. The van der Waals surface area contributed by atoms with Gasteiger partial charge < -0.3 is 0 Å². The van der Waals surface area contributed by atoms with Crippen LogP contribution in [0.5, 0.6) is 0 Å². The fraction of sp³-hybridized carbons (Fsp3) is 0.917. The van der Waals surface area contributed by atoms with Gasteiger partial charge in [0.1, 0.15) is 0 Å². The quantitative estimate of drug-likeness (QED) is 0.0630. The van der Waals surface area contributed by atoms with Crippen LogP contribution in [0.2, 0.25) is 0 Å². The van der Waals surface area contributed by atoms with Crippen molar-refractivity contribution < 1.29 is 0 Å². The maximum absolute atomic E-state index is 4.48. The minimum absolute atomic E-state index is 0.794. The molecule has 0 saturated heterocycles. The van der Waals surface area contributed by atoms with Gasteiger partial charge in [-0.25, -0.2) is 0 Å². The lowest BCUT2D eigenvalue weighted by atomic mass is 9.90. The van der Waals surface area contributed by atoms with E-state index in [0.717, 1.165) is 18.5 Å². The lowest BCUT2D eigenvalue weighted by Crippen LogP contribution is -2.05. The Labute approximate surface area is 240 Å². The Morgan fingerprint density at radius 2 is 0.658 bits per heavy atom. The molecular weight excluding hydrogens is 460 g/mol. The maximum Gasteiger partial charge on any atom is 0.240 e. The van der Waals surface area contributed by atoms with E-state index in [9.17, 15) is 0 Å². The van der Waals surface area contributed by atoms with Crippen molar-refractivity contribution in [1.82, 2.24) is 0 Å². The van der Waals surface area contributed by atoms with Gasteiger partial charge >= 0.3 is 0 Å². The zero-order valence-electron chi connectivity index (χ0n) is 26.3. The highest BCUT2D eigenvalue weighted by atomic mass is 15.0. The normalized spacial score (nSPS) is 13.7. The van der Waals surface area contributed by atoms with E-state index in [1.165, 1.54) is 186 Å². The Balaban J connectivity index is 1.95. The van der Waals surface area contributed by atoms with Crippen molar-refractivity contribution in [3.8, 4) is 0 Å². The molecule has 0 saturated carbocycles. The van der Waals surface area contributed by atoms with Crippen molar-refractivity contribution >= 4 is 12.4 Å². The van der Waals surface area contributed by atoms with Gasteiger partial charge in [-0.2, -0.15) is 0 Å². The minimum Gasteiger partial charge on any atom is -0.0968 e. The molecule has 0 N–H and O–H groups in total. The standard InChI is InChI=1S/C36H69N2/c1-3-5-7-9-11-13-15-17-18-19-21-23-25-27-29-31-35(34-36-37-32-33-38-36)30-28-26-24-22-20-16-14-12-10-8-6-4-2/h32-33,35H,3-31,34H2,1-2H3/q+1. The van der Waals surface area contributed by atoms with Crippen molar-refractivity contribution in [3.05, 3.63) is 6.17 Å². The first-order chi connectivity index (χ1) is 18.9. The summed E-state index contributed by atoms with van der Waals surface area (Å²) in [5, 5.41) is 0. The van der Waals surface area contributed by atoms with Crippen LogP contribution in [-0.4, -0.2) is 12.4 Å². The molecule has 0 aromatic carbocycles. The highest BCUT2D eigenvalue weighted by molar-refractivity contribution is 6.18. The Bertz CT molecular complexity index is 499. The molecule has 0 bridgehead atoms. The molecule has 1 unspecified atom stereocenters. The smallest absolute Gasteiger partial charge is 0.0968 e.